The van der Waals surface area contributed by atoms with E-state index in [0.717, 1.165) is 38.2 Å². The molecule has 2 fully saturated rings. The number of aryl methyl sites for hydroxylation is 1. The van der Waals surface area contributed by atoms with Crippen molar-refractivity contribution in [2.75, 3.05) is 26.2 Å². The molecule has 2 atom stereocenters. The summed E-state index contributed by atoms with van der Waals surface area (Å²) in [7, 11) is 0. The van der Waals surface area contributed by atoms with Crippen LogP contribution in [0.1, 0.15) is 34.1 Å². The minimum absolute atomic E-state index is 0.0689. The number of hydrogen-bond donors (Lipinski definition) is 0. The summed E-state index contributed by atoms with van der Waals surface area (Å²) in [5.74, 6) is 1.66. The number of nitrogens with zero attached hydrogens (tertiary/aromatic N) is 5. The van der Waals surface area contributed by atoms with Gasteiger partial charge in [0.05, 0.1) is 5.41 Å². The summed E-state index contributed by atoms with van der Waals surface area (Å²) in [6.45, 7) is 5.74. The lowest BCUT2D eigenvalue weighted by atomic mass is 9.73. The van der Waals surface area contributed by atoms with Gasteiger partial charge in [0.1, 0.15) is 0 Å². The number of amides is 1. The van der Waals surface area contributed by atoms with Crippen LogP contribution >= 0.6 is 0 Å². The van der Waals surface area contributed by atoms with Gasteiger partial charge in [-0.25, -0.2) is 0 Å². The standard InChI is InChI=1S/C23H25N5O2/c1-17-25-22(30-26-17)23-15-27(13-18-6-5-10-24-12-18)11-9-20(23)14-28(16-23)21(29)19-7-3-2-4-8-19/h2-8,10,12,20H,9,11,13-16H2,1H3/t20-,23-/m0/s1. The minimum atomic E-state index is -0.341. The molecule has 0 saturated carbocycles. The maximum Gasteiger partial charge on any atom is 0.253 e. The molecule has 0 unspecified atom stereocenters. The maximum absolute atomic E-state index is 13.2. The molecule has 7 nitrogen and oxygen atoms in total. The minimum Gasteiger partial charge on any atom is -0.339 e. The molecule has 3 aromatic rings. The second-order valence-corrected chi connectivity index (χ2v) is 8.41. The highest BCUT2D eigenvalue weighted by Crippen LogP contribution is 2.44. The van der Waals surface area contributed by atoms with Crippen molar-refractivity contribution in [1.29, 1.82) is 0 Å². The molecule has 0 N–H and O–H groups in total. The third-order valence-electron chi connectivity index (χ3n) is 6.39. The van der Waals surface area contributed by atoms with E-state index in [1.807, 2.05) is 54.4 Å². The van der Waals surface area contributed by atoms with E-state index in [4.69, 9.17) is 4.52 Å². The van der Waals surface area contributed by atoms with Gasteiger partial charge < -0.3 is 9.42 Å². The monoisotopic (exact) mass is 403 g/mol. The van der Waals surface area contributed by atoms with Gasteiger partial charge in [0.2, 0.25) is 5.89 Å². The molecule has 2 aromatic heterocycles. The van der Waals surface area contributed by atoms with E-state index >= 15 is 0 Å². The number of pyridine rings is 1. The smallest absolute Gasteiger partial charge is 0.253 e. The number of piperidine rings is 1. The van der Waals surface area contributed by atoms with Gasteiger partial charge in [0.25, 0.3) is 5.91 Å². The molecule has 0 radical (unpaired) electrons. The normalized spacial score (nSPS) is 24.0. The lowest BCUT2D eigenvalue weighted by molar-refractivity contribution is 0.0756. The Hall–Kier alpha value is -3.06. The first-order chi connectivity index (χ1) is 14.6. The quantitative estimate of drug-likeness (QED) is 0.667. The molecule has 154 valence electrons. The fraction of sp³-hybridized carbons (Fsp3) is 0.391. The van der Waals surface area contributed by atoms with Crippen molar-refractivity contribution in [2.45, 2.75) is 25.3 Å². The molecule has 1 amide bonds. The van der Waals surface area contributed by atoms with Crippen molar-refractivity contribution < 1.29 is 9.32 Å². The highest BCUT2D eigenvalue weighted by molar-refractivity contribution is 5.94. The summed E-state index contributed by atoms with van der Waals surface area (Å²) in [6.07, 6.45) is 4.69. The van der Waals surface area contributed by atoms with Crippen LogP contribution in [0.3, 0.4) is 0 Å². The van der Waals surface area contributed by atoms with Crippen LogP contribution in [0.4, 0.5) is 0 Å². The maximum atomic E-state index is 13.2. The number of hydrogen-bond acceptors (Lipinski definition) is 6. The zero-order chi connectivity index (χ0) is 20.6. The molecule has 2 aliphatic rings. The Morgan fingerprint density at radius 3 is 2.80 bits per heavy atom. The number of fused-ring (bicyclic) bond motifs is 1. The molecule has 0 bridgehead atoms. The van der Waals surface area contributed by atoms with E-state index in [1.165, 1.54) is 5.56 Å². The van der Waals surface area contributed by atoms with Crippen LogP contribution in [0.25, 0.3) is 0 Å². The number of aromatic nitrogens is 3. The lowest BCUT2D eigenvalue weighted by Gasteiger charge is -2.41. The van der Waals surface area contributed by atoms with E-state index in [-0.39, 0.29) is 11.3 Å². The number of carbonyl (C=O) groups excluding carboxylic acids is 1. The van der Waals surface area contributed by atoms with Crippen molar-refractivity contribution >= 4 is 5.91 Å². The highest BCUT2D eigenvalue weighted by atomic mass is 16.5. The molecule has 2 aliphatic heterocycles. The van der Waals surface area contributed by atoms with Gasteiger partial charge in [0.15, 0.2) is 5.82 Å². The average molecular weight is 403 g/mol. The van der Waals surface area contributed by atoms with Crippen molar-refractivity contribution in [3.8, 4) is 0 Å². The van der Waals surface area contributed by atoms with Gasteiger partial charge in [-0.3, -0.25) is 14.7 Å². The number of carbonyl (C=O) groups is 1. The zero-order valence-electron chi connectivity index (χ0n) is 17.1. The topological polar surface area (TPSA) is 75.4 Å². The third-order valence-corrected chi connectivity index (χ3v) is 6.39. The fourth-order valence-corrected chi connectivity index (χ4v) is 4.95. The highest BCUT2D eigenvalue weighted by Gasteiger charge is 2.55. The van der Waals surface area contributed by atoms with Gasteiger partial charge in [0, 0.05) is 44.1 Å². The summed E-state index contributed by atoms with van der Waals surface area (Å²) in [4.78, 5) is 26.4. The Kier molecular flexibility index (Phi) is 4.83. The summed E-state index contributed by atoms with van der Waals surface area (Å²) in [6, 6.07) is 13.6. The summed E-state index contributed by atoms with van der Waals surface area (Å²) in [5.41, 5.74) is 1.56. The van der Waals surface area contributed by atoms with Crippen LogP contribution < -0.4 is 0 Å². The van der Waals surface area contributed by atoms with Crippen LogP contribution in [0.15, 0.2) is 59.4 Å². The Morgan fingerprint density at radius 1 is 1.20 bits per heavy atom. The van der Waals surface area contributed by atoms with Crippen molar-refractivity contribution in [1.82, 2.24) is 24.9 Å². The molecule has 7 heteroatoms. The Morgan fingerprint density at radius 2 is 2.07 bits per heavy atom. The summed E-state index contributed by atoms with van der Waals surface area (Å²) in [5, 5.41) is 4.07. The van der Waals surface area contributed by atoms with Gasteiger partial charge >= 0.3 is 0 Å². The molecule has 0 aliphatic carbocycles. The first kappa shape index (κ1) is 18.9. The van der Waals surface area contributed by atoms with Crippen molar-refractivity contribution in [3.05, 3.63) is 77.7 Å². The van der Waals surface area contributed by atoms with Crippen LogP contribution in [0.5, 0.6) is 0 Å². The Balaban J connectivity index is 1.44. The number of likely N-dealkylation sites (tertiary alicyclic amines) is 2. The molecular weight excluding hydrogens is 378 g/mol. The SMILES string of the molecule is Cc1noc([C@]23CN(Cc4cccnc4)CC[C@H]2CN(C(=O)c2ccccc2)C3)n1. The molecule has 1 aromatic carbocycles. The average Bonchev–Trinajstić information content (AvgIpc) is 3.39. The fourth-order valence-electron chi connectivity index (χ4n) is 4.95. The van der Waals surface area contributed by atoms with E-state index in [9.17, 15) is 4.79 Å². The molecule has 2 saturated heterocycles. The van der Waals surface area contributed by atoms with Gasteiger partial charge in [-0.15, -0.1) is 0 Å². The predicted molar refractivity (Wildman–Crippen MR) is 111 cm³/mol. The number of rotatable bonds is 4. The third kappa shape index (κ3) is 3.39. The van der Waals surface area contributed by atoms with Gasteiger partial charge in [-0.05, 0) is 49.6 Å². The largest absolute Gasteiger partial charge is 0.339 e. The van der Waals surface area contributed by atoms with E-state index in [0.29, 0.717) is 24.2 Å². The van der Waals surface area contributed by atoms with E-state index in [2.05, 4.69) is 26.1 Å². The molecule has 5 rings (SSSR count). The molecular formula is C23H25N5O2. The molecule has 30 heavy (non-hydrogen) atoms. The van der Waals surface area contributed by atoms with Crippen LogP contribution in [-0.4, -0.2) is 57.0 Å². The second-order valence-electron chi connectivity index (χ2n) is 8.41. The van der Waals surface area contributed by atoms with Crippen LogP contribution in [0, 0.1) is 12.8 Å². The van der Waals surface area contributed by atoms with Crippen molar-refractivity contribution in [3.63, 3.8) is 0 Å². The molecule has 0 spiro atoms. The summed E-state index contributed by atoms with van der Waals surface area (Å²) < 4.78 is 5.70. The number of benzene rings is 1. The first-order valence-electron chi connectivity index (χ1n) is 10.4. The van der Waals surface area contributed by atoms with Gasteiger partial charge in [-0.2, -0.15) is 4.98 Å². The van der Waals surface area contributed by atoms with E-state index < -0.39 is 0 Å². The lowest BCUT2D eigenvalue weighted by Crippen LogP contribution is -2.51. The van der Waals surface area contributed by atoms with E-state index in [1.54, 1.807) is 6.20 Å². The Bertz CT molecular complexity index is 1020. The van der Waals surface area contributed by atoms with Crippen LogP contribution in [-0.2, 0) is 12.0 Å². The van der Waals surface area contributed by atoms with Crippen LogP contribution in [0.2, 0.25) is 0 Å². The summed E-state index contributed by atoms with van der Waals surface area (Å²) >= 11 is 0. The van der Waals surface area contributed by atoms with Gasteiger partial charge in [-0.1, -0.05) is 29.4 Å². The Labute approximate surface area is 175 Å². The first-order valence-corrected chi connectivity index (χ1v) is 10.4. The molecule has 4 heterocycles. The van der Waals surface area contributed by atoms with Crippen molar-refractivity contribution in [2.24, 2.45) is 5.92 Å². The predicted octanol–water partition coefficient (Wildman–Crippen LogP) is 2.69. The zero-order valence-corrected chi connectivity index (χ0v) is 17.1. The second kappa shape index (κ2) is 7.65.